The van der Waals surface area contributed by atoms with E-state index in [-0.39, 0.29) is 0 Å². The van der Waals surface area contributed by atoms with Gasteiger partial charge in [0, 0.05) is 41.3 Å². The van der Waals surface area contributed by atoms with E-state index in [0.29, 0.717) is 24.4 Å². The normalized spacial score (nSPS) is 25.8. The Labute approximate surface area is 125 Å². The molecular formula is C16H24N2OS. The van der Waals surface area contributed by atoms with Gasteiger partial charge < -0.3 is 10.2 Å². The van der Waals surface area contributed by atoms with Crippen molar-refractivity contribution in [1.82, 2.24) is 10.2 Å². The molecule has 2 saturated heterocycles. The van der Waals surface area contributed by atoms with Crippen molar-refractivity contribution >= 4 is 17.2 Å². The van der Waals surface area contributed by atoms with Gasteiger partial charge in [-0.1, -0.05) is 0 Å². The maximum absolute atomic E-state index is 12.3. The maximum atomic E-state index is 12.3. The molecule has 110 valence electrons. The van der Waals surface area contributed by atoms with Crippen LogP contribution in [-0.4, -0.2) is 36.0 Å². The van der Waals surface area contributed by atoms with Gasteiger partial charge in [0.25, 0.3) is 0 Å². The predicted molar refractivity (Wildman–Crippen MR) is 83.1 cm³/mol. The van der Waals surface area contributed by atoms with Gasteiger partial charge in [0.05, 0.1) is 0 Å². The summed E-state index contributed by atoms with van der Waals surface area (Å²) in [7, 11) is 0. The number of hydrogen-bond acceptors (Lipinski definition) is 3. The van der Waals surface area contributed by atoms with Crippen molar-refractivity contribution in [1.29, 1.82) is 0 Å². The van der Waals surface area contributed by atoms with E-state index in [1.807, 2.05) is 11.3 Å². The van der Waals surface area contributed by atoms with Crippen LogP contribution in [0.4, 0.5) is 0 Å². The molecule has 2 fully saturated rings. The zero-order valence-corrected chi connectivity index (χ0v) is 13.0. The van der Waals surface area contributed by atoms with E-state index in [9.17, 15) is 4.79 Å². The predicted octanol–water partition coefficient (Wildman–Crippen LogP) is 2.73. The van der Waals surface area contributed by atoms with E-state index < -0.39 is 0 Å². The molecule has 1 amide bonds. The SMILES string of the molecule is Cc1ccc(CCCC(=O)N2CCC3CCC(C2)N3)s1. The summed E-state index contributed by atoms with van der Waals surface area (Å²) >= 11 is 1.85. The zero-order valence-electron chi connectivity index (χ0n) is 12.2. The molecule has 3 heterocycles. The summed E-state index contributed by atoms with van der Waals surface area (Å²) in [4.78, 5) is 17.2. The highest BCUT2D eigenvalue weighted by Crippen LogP contribution is 2.21. The molecule has 4 heteroatoms. The second-order valence-electron chi connectivity index (χ2n) is 6.13. The number of amides is 1. The van der Waals surface area contributed by atoms with Crippen LogP contribution in [0.25, 0.3) is 0 Å². The molecule has 2 atom stereocenters. The van der Waals surface area contributed by atoms with Crippen molar-refractivity contribution in [3.05, 3.63) is 21.9 Å². The van der Waals surface area contributed by atoms with Crippen LogP contribution in [0.2, 0.25) is 0 Å². The average molecular weight is 292 g/mol. The molecule has 0 aromatic carbocycles. The lowest BCUT2D eigenvalue weighted by Crippen LogP contribution is -2.38. The van der Waals surface area contributed by atoms with Crippen LogP contribution in [-0.2, 0) is 11.2 Å². The lowest BCUT2D eigenvalue weighted by atomic mass is 10.1. The lowest BCUT2D eigenvalue weighted by molar-refractivity contribution is -0.131. The minimum atomic E-state index is 0.354. The summed E-state index contributed by atoms with van der Waals surface area (Å²) in [5, 5.41) is 3.63. The van der Waals surface area contributed by atoms with Crippen LogP contribution >= 0.6 is 11.3 Å². The molecule has 0 radical (unpaired) electrons. The van der Waals surface area contributed by atoms with Gasteiger partial charge in [0.1, 0.15) is 0 Å². The fourth-order valence-corrected chi connectivity index (χ4v) is 4.29. The van der Waals surface area contributed by atoms with Crippen molar-refractivity contribution in [3.63, 3.8) is 0 Å². The number of nitrogens with zero attached hydrogens (tertiary/aromatic N) is 1. The molecule has 1 aromatic heterocycles. The molecule has 1 N–H and O–H groups in total. The van der Waals surface area contributed by atoms with E-state index in [2.05, 4.69) is 29.3 Å². The van der Waals surface area contributed by atoms with E-state index in [0.717, 1.165) is 32.4 Å². The first kappa shape index (κ1) is 14.1. The maximum Gasteiger partial charge on any atom is 0.222 e. The molecule has 2 aliphatic rings. The summed E-state index contributed by atoms with van der Waals surface area (Å²) < 4.78 is 0. The Hall–Kier alpha value is -0.870. The number of carbonyl (C=O) groups excluding carboxylic acids is 1. The highest BCUT2D eigenvalue weighted by molar-refractivity contribution is 7.11. The third kappa shape index (κ3) is 3.41. The van der Waals surface area contributed by atoms with Gasteiger partial charge >= 0.3 is 0 Å². The number of thiophene rings is 1. The van der Waals surface area contributed by atoms with Gasteiger partial charge in [0.2, 0.25) is 5.91 Å². The second-order valence-corrected chi connectivity index (χ2v) is 7.50. The van der Waals surface area contributed by atoms with E-state index in [4.69, 9.17) is 0 Å². The first-order valence-electron chi connectivity index (χ1n) is 7.80. The van der Waals surface area contributed by atoms with Gasteiger partial charge in [-0.3, -0.25) is 4.79 Å². The fourth-order valence-electron chi connectivity index (χ4n) is 3.36. The lowest BCUT2D eigenvalue weighted by Gasteiger charge is -2.24. The number of fused-ring (bicyclic) bond motifs is 2. The molecule has 2 bridgehead atoms. The highest BCUT2D eigenvalue weighted by atomic mass is 32.1. The van der Waals surface area contributed by atoms with Crippen LogP contribution in [0.3, 0.4) is 0 Å². The highest BCUT2D eigenvalue weighted by Gasteiger charge is 2.30. The summed E-state index contributed by atoms with van der Waals surface area (Å²) in [6.07, 6.45) is 6.40. The number of rotatable bonds is 4. The Kier molecular flexibility index (Phi) is 4.41. The number of carbonyl (C=O) groups is 1. The minimum Gasteiger partial charge on any atom is -0.341 e. The number of nitrogens with one attached hydrogen (secondary N) is 1. The quantitative estimate of drug-likeness (QED) is 0.925. The third-order valence-corrected chi connectivity index (χ3v) is 5.55. The van der Waals surface area contributed by atoms with Gasteiger partial charge in [0.15, 0.2) is 0 Å². The molecule has 20 heavy (non-hydrogen) atoms. The van der Waals surface area contributed by atoms with Crippen molar-refractivity contribution in [2.75, 3.05) is 13.1 Å². The summed E-state index contributed by atoms with van der Waals surface area (Å²) in [5.41, 5.74) is 0. The molecule has 0 aliphatic carbocycles. The average Bonchev–Trinajstić information content (AvgIpc) is 2.95. The molecular weight excluding hydrogens is 268 g/mol. The summed E-state index contributed by atoms with van der Waals surface area (Å²) in [6.45, 7) is 4.01. The molecule has 2 unspecified atom stereocenters. The van der Waals surface area contributed by atoms with Crippen molar-refractivity contribution in [2.24, 2.45) is 0 Å². The Morgan fingerprint density at radius 2 is 2.20 bits per heavy atom. The van der Waals surface area contributed by atoms with Gasteiger partial charge in [-0.05, 0) is 51.2 Å². The Morgan fingerprint density at radius 1 is 1.35 bits per heavy atom. The minimum absolute atomic E-state index is 0.354. The fraction of sp³-hybridized carbons (Fsp3) is 0.688. The van der Waals surface area contributed by atoms with E-state index in [1.165, 1.54) is 22.6 Å². The first-order chi connectivity index (χ1) is 9.70. The largest absolute Gasteiger partial charge is 0.341 e. The Balaban J connectivity index is 1.44. The van der Waals surface area contributed by atoms with E-state index in [1.54, 1.807) is 0 Å². The molecule has 3 rings (SSSR count). The van der Waals surface area contributed by atoms with E-state index >= 15 is 0 Å². The topological polar surface area (TPSA) is 32.3 Å². The molecule has 0 spiro atoms. The van der Waals surface area contributed by atoms with Crippen LogP contribution < -0.4 is 5.32 Å². The van der Waals surface area contributed by atoms with Crippen LogP contribution in [0, 0.1) is 6.92 Å². The summed E-state index contributed by atoms with van der Waals surface area (Å²) in [5.74, 6) is 0.354. The third-order valence-electron chi connectivity index (χ3n) is 4.49. The molecule has 1 aromatic rings. The van der Waals surface area contributed by atoms with Crippen molar-refractivity contribution < 1.29 is 4.79 Å². The standard InChI is InChI=1S/C16H24N2OS/c1-12-5-8-15(20-12)3-2-4-16(19)18-10-9-13-6-7-14(11-18)17-13/h5,8,13-14,17H,2-4,6-7,9-11H2,1H3. The first-order valence-corrected chi connectivity index (χ1v) is 8.61. The van der Waals surface area contributed by atoms with Crippen molar-refractivity contribution in [2.45, 2.75) is 57.5 Å². The zero-order chi connectivity index (χ0) is 13.9. The van der Waals surface area contributed by atoms with Crippen LogP contribution in [0.1, 0.15) is 41.9 Å². The van der Waals surface area contributed by atoms with Gasteiger partial charge in [-0.25, -0.2) is 0 Å². The van der Waals surface area contributed by atoms with Crippen LogP contribution in [0.15, 0.2) is 12.1 Å². The second kappa shape index (κ2) is 6.27. The number of likely N-dealkylation sites (tertiary alicyclic amines) is 1. The number of aryl methyl sites for hydroxylation is 2. The van der Waals surface area contributed by atoms with Gasteiger partial charge in [-0.2, -0.15) is 0 Å². The van der Waals surface area contributed by atoms with Crippen molar-refractivity contribution in [3.8, 4) is 0 Å². The monoisotopic (exact) mass is 292 g/mol. The Bertz CT molecular complexity index is 471. The smallest absolute Gasteiger partial charge is 0.222 e. The number of hydrogen-bond donors (Lipinski definition) is 1. The van der Waals surface area contributed by atoms with Crippen LogP contribution in [0.5, 0.6) is 0 Å². The molecule has 0 saturated carbocycles. The molecule has 3 nitrogen and oxygen atoms in total. The summed E-state index contributed by atoms with van der Waals surface area (Å²) in [6, 6.07) is 5.57. The van der Waals surface area contributed by atoms with Gasteiger partial charge in [-0.15, -0.1) is 11.3 Å². The Morgan fingerprint density at radius 3 is 3.00 bits per heavy atom. The molecule has 2 aliphatic heterocycles.